The summed E-state index contributed by atoms with van der Waals surface area (Å²) in [7, 11) is 0. The van der Waals surface area contributed by atoms with E-state index in [1.165, 1.54) is 25.0 Å². The van der Waals surface area contributed by atoms with E-state index in [0.717, 1.165) is 25.4 Å². The fourth-order valence-corrected chi connectivity index (χ4v) is 1.75. The summed E-state index contributed by atoms with van der Waals surface area (Å²) in [5.74, 6) is 0.221. The molecule has 1 aliphatic rings. The van der Waals surface area contributed by atoms with E-state index in [1.54, 1.807) is 6.07 Å². The van der Waals surface area contributed by atoms with Crippen LogP contribution >= 0.6 is 11.6 Å². The number of unbranched alkanes of at least 4 members (excludes halogenated alkanes) is 1. The number of benzene rings is 1. The highest BCUT2D eigenvalue weighted by Crippen LogP contribution is 2.21. The molecule has 1 fully saturated rings. The zero-order valence-electron chi connectivity index (χ0n) is 9.72. The normalized spacial score (nSPS) is 14.9. The Morgan fingerprint density at radius 2 is 2.18 bits per heavy atom. The molecular weight excluding hydrogens is 241 g/mol. The van der Waals surface area contributed by atoms with Gasteiger partial charge in [0.15, 0.2) is 0 Å². The lowest BCUT2D eigenvalue weighted by molar-refractivity contribution is 0.305. The first kappa shape index (κ1) is 12.7. The Hall–Kier alpha value is -0.800. The molecule has 0 saturated heterocycles. The molecular formula is C13H17ClFNO. The Labute approximate surface area is 106 Å². The standard InChI is InChI=1S/C13H17ClFNO/c14-12-9-11(5-6-13(12)15)17-8-2-1-7-16-10-3-4-10/h5-6,9-10,16H,1-4,7-8H2. The van der Waals surface area contributed by atoms with Crippen molar-refractivity contribution in [3.05, 3.63) is 29.0 Å². The van der Waals surface area contributed by atoms with E-state index < -0.39 is 5.82 Å². The van der Waals surface area contributed by atoms with Gasteiger partial charge in [-0.3, -0.25) is 0 Å². The molecule has 0 unspecified atom stereocenters. The Balaban J connectivity index is 1.58. The van der Waals surface area contributed by atoms with Crippen LogP contribution in [0.3, 0.4) is 0 Å². The monoisotopic (exact) mass is 257 g/mol. The highest BCUT2D eigenvalue weighted by atomic mass is 35.5. The van der Waals surface area contributed by atoms with Crippen molar-refractivity contribution in [2.75, 3.05) is 13.2 Å². The van der Waals surface area contributed by atoms with Gasteiger partial charge in [-0.2, -0.15) is 0 Å². The molecule has 0 heterocycles. The van der Waals surface area contributed by atoms with Gasteiger partial charge in [0.25, 0.3) is 0 Å². The first-order valence-electron chi connectivity index (χ1n) is 6.07. The van der Waals surface area contributed by atoms with Crippen LogP contribution in [0.1, 0.15) is 25.7 Å². The number of halogens is 2. The number of nitrogens with one attached hydrogen (secondary N) is 1. The van der Waals surface area contributed by atoms with Crippen molar-refractivity contribution >= 4 is 11.6 Å². The molecule has 2 nitrogen and oxygen atoms in total. The predicted molar refractivity (Wildman–Crippen MR) is 67.2 cm³/mol. The van der Waals surface area contributed by atoms with Crippen molar-refractivity contribution in [1.82, 2.24) is 5.32 Å². The van der Waals surface area contributed by atoms with Crippen molar-refractivity contribution in [1.29, 1.82) is 0 Å². The van der Waals surface area contributed by atoms with Crippen LogP contribution in [0.2, 0.25) is 5.02 Å². The largest absolute Gasteiger partial charge is 0.494 e. The zero-order valence-corrected chi connectivity index (χ0v) is 10.5. The third kappa shape index (κ3) is 4.52. The molecule has 2 rings (SSSR count). The molecule has 1 saturated carbocycles. The summed E-state index contributed by atoms with van der Waals surface area (Å²) in [6.07, 6.45) is 4.75. The number of rotatable bonds is 7. The maximum atomic E-state index is 12.9. The van der Waals surface area contributed by atoms with E-state index in [1.807, 2.05) is 0 Å². The molecule has 0 radical (unpaired) electrons. The first-order valence-corrected chi connectivity index (χ1v) is 6.45. The molecule has 17 heavy (non-hydrogen) atoms. The zero-order chi connectivity index (χ0) is 12.1. The fourth-order valence-electron chi connectivity index (χ4n) is 1.58. The van der Waals surface area contributed by atoms with Crippen LogP contribution < -0.4 is 10.1 Å². The van der Waals surface area contributed by atoms with Crippen molar-refractivity contribution in [3.8, 4) is 5.75 Å². The molecule has 1 aromatic rings. The second-order valence-electron chi connectivity index (χ2n) is 4.36. The molecule has 1 N–H and O–H groups in total. The summed E-state index contributed by atoms with van der Waals surface area (Å²) in [5.41, 5.74) is 0. The van der Waals surface area contributed by atoms with Gasteiger partial charge in [0, 0.05) is 12.1 Å². The minimum Gasteiger partial charge on any atom is -0.494 e. The summed E-state index contributed by atoms with van der Waals surface area (Å²) in [6.45, 7) is 1.70. The van der Waals surface area contributed by atoms with Crippen LogP contribution in [-0.2, 0) is 0 Å². The van der Waals surface area contributed by atoms with E-state index in [0.29, 0.717) is 12.4 Å². The van der Waals surface area contributed by atoms with E-state index in [2.05, 4.69) is 5.32 Å². The van der Waals surface area contributed by atoms with E-state index in [9.17, 15) is 4.39 Å². The maximum Gasteiger partial charge on any atom is 0.142 e. The van der Waals surface area contributed by atoms with E-state index >= 15 is 0 Å². The molecule has 0 aliphatic heterocycles. The Bertz CT molecular complexity index is 368. The van der Waals surface area contributed by atoms with Gasteiger partial charge in [-0.25, -0.2) is 4.39 Å². The molecule has 0 bridgehead atoms. The topological polar surface area (TPSA) is 21.3 Å². The van der Waals surface area contributed by atoms with Crippen LogP contribution in [0.15, 0.2) is 18.2 Å². The summed E-state index contributed by atoms with van der Waals surface area (Å²) in [4.78, 5) is 0. The summed E-state index contributed by atoms with van der Waals surface area (Å²) >= 11 is 5.65. The molecule has 94 valence electrons. The van der Waals surface area contributed by atoms with Gasteiger partial charge >= 0.3 is 0 Å². The Morgan fingerprint density at radius 1 is 1.35 bits per heavy atom. The predicted octanol–water partition coefficient (Wildman–Crippen LogP) is 3.39. The third-order valence-electron chi connectivity index (χ3n) is 2.74. The number of ether oxygens (including phenoxy) is 1. The number of hydrogen-bond donors (Lipinski definition) is 1. The molecule has 0 spiro atoms. The average molecular weight is 258 g/mol. The van der Waals surface area contributed by atoms with Crippen LogP contribution in [0.25, 0.3) is 0 Å². The van der Waals surface area contributed by atoms with Crippen LogP contribution in [0.5, 0.6) is 5.75 Å². The second-order valence-corrected chi connectivity index (χ2v) is 4.77. The molecule has 0 atom stereocenters. The SMILES string of the molecule is Fc1ccc(OCCCCNC2CC2)cc1Cl. The highest BCUT2D eigenvalue weighted by Gasteiger charge is 2.19. The summed E-state index contributed by atoms with van der Waals surface area (Å²) in [6, 6.07) is 5.21. The van der Waals surface area contributed by atoms with Crippen molar-refractivity contribution < 1.29 is 9.13 Å². The highest BCUT2D eigenvalue weighted by molar-refractivity contribution is 6.30. The van der Waals surface area contributed by atoms with Crippen molar-refractivity contribution in [3.63, 3.8) is 0 Å². The molecule has 1 aliphatic carbocycles. The van der Waals surface area contributed by atoms with Gasteiger partial charge in [0.1, 0.15) is 11.6 Å². The lowest BCUT2D eigenvalue weighted by Crippen LogP contribution is -2.17. The summed E-state index contributed by atoms with van der Waals surface area (Å²) in [5, 5.41) is 3.55. The molecule has 0 amide bonds. The van der Waals surface area contributed by atoms with Crippen LogP contribution in [0, 0.1) is 5.82 Å². The van der Waals surface area contributed by atoms with Crippen LogP contribution in [-0.4, -0.2) is 19.2 Å². The average Bonchev–Trinajstić information content (AvgIpc) is 3.12. The minimum absolute atomic E-state index is 0.109. The fraction of sp³-hybridized carbons (Fsp3) is 0.538. The van der Waals surface area contributed by atoms with Crippen LogP contribution in [0.4, 0.5) is 4.39 Å². The van der Waals surface area contributed by atoms with E-state index in [4.69, 9.17) is 16.3 Å². The summed E-state index contributed by atoms with van der Waals surface area (Å²) < 4.78 is 18.4. The van der Waals surface area contributed by atoms with E-state index in [-0.39, 0.29) is 5.02 Å². The maximum absolute atomic E-state index is 12.9. The Morgan fingerprint density at radius 3 is 2.88 bits per heavy atom. The third-order valence-corrected chi connectivity index (χ3v) is 3.03. The number of hydrogen-bond acceptors (Lipinski definition) is 2. The van der Waals surface area contributed by atoms with Gasteiger partial charge in [-0.15, -0.1) is 0 Å². The minimum atomic E-state index is -0.410. The van der Waals surface area contributed by atoms with Gasteiger partial charge in [-0.05, 0) is 44.4 Å². The second kappa shape index (κ2) is 6.22. The lowest BCUT2D eigenvalue weighted by atomic mass is 10.3. The van der Waals surface area contributed by atoms with Gasteiger partial charge in [0.05, 0.1) is 11.6 Å². The van der Waals surface area contributed by atoms with Gasteiger partial charge in [0.2, 0.25) is 0 Å². The van der Waals surface area contributed by atoms with Gasteiger partial charge < -0.3 is 10.1 Å². The first-order chi connectivity index (χ1) is 8.25. The molecule has 0 aromatic heterocycles. The molecule has 1 aromatic carbocycles. The quantitative estimate of drug-likeness (QED) is 0.756. The van der Waals surface area contributed by atoms with Crippen molar-refractivity contribution in [2.45, 2.75) is 31.7 Å². The lowest BCUT2D eigenvalue weighted by Gasteiger charge is -2.07. The Kier molecular flexibility index (Phi) is 4.63. The van der Waals surface area contributed by atoms with Gasteiger partial charge in [-0.1, -0.05) is 11.6 Å². The smallest absolute Gasteiger partial charge is 0.142 e. The molecule has 4 heteroatoms. The van der Waals surface area contributed by atoms with Crippen molar-refractivity contribution in [2.24, 2.45) is 0 Å².